The Hall–Kier alpha value is -2.13. The highest BCUT2D eigenvalue weighted by molar-refractivity contribution is 5.80. The lowest BCUT2D eigenvalue weighted by Gasteiger charge is -2.26. The van der Waals surface area contributed by atoms with Crippen molar-refractivity contribution < 1.29 is 4.79 Å². The summed E-state index contributed by atoms with van der Waals surface area (Å²) in [6, 6.07) is 20.6. The smallest absolute Gasteiger partial charge is 0.226 e. The first kappa shape index (κ1) is 17.7. The van der Waals surface area contributed by atoms with Gasteiger partial charge in [-0.2, -0.15) is 0 Å². The molecule has 3 atom stereocenters. The number of carbonyl (C=O) groups is 1. The number of carbonyl (C=O) groups excluding carboxylic acids is 1. The molecule has 3 rings (SSSR count). The number of nitrogens with two attached hydrogens (primary N) is 1. The molecule has 0 radical (unpaired) electrons. The molecule has 132 valence electrons. The van der Waals surface area contributed by atoms with E-state index >= 15 is 0 Å². The number of rotatable bonds is 5. The summed E-state index contributed by atoms with van der Waals surface area (Å²) >= 11 is 0. The number of hydrogen-bond donors (Lipinski definition) is 1. The van der Waals surface area contributed by atoms with Gasteiger partial charge in [0.2, 0.25) is 5.91 Å². The van der Waals surface area contributed by atoms with Gasteiger partial charge in [0.1, 0.15) is 0 Å². The topological polar surface area (TPSA) is 46.3 Å². The molecule has 1 heterocycles. The summed E-state index contributed by atoms with van der Waals surface area (Å²) in [5.41, 5.74) is 8.83. The van der Waals surface area contributed by atoms with Crippen molar-refractivity contribution in [2.24, 2.45) is 17.6 Å². The highest BCUT2D eigenvalue weighted by atomic mass is 16.2. The van der Waals surface area contributed by atoms with Crippen molar-refractivity contribution in [2.45, 2.75) is 32.2 Å². The first-order valence-corrected chi connectivity index (χ1v) is 9.19. The molecular weight excluding hydrogens is 308 g/mol. The quantitative estimate of drug-likeness (QED) is 0.909. The summed E-state index contributed by atoms with van der Waals surface area (Å²) in [5.74, 6) is 0.784. The fraction of sp³-hybridized carbons (Fsp3) is 0.409. The van der Waals surface area contributed by atoms with E-state index in [1.165, 1.54) is 11.1 Å². The van der Waals surface area contributed by atoms with Crippen LogP contribution in [-0.4, -0.2) is 29.9 Å². The molecule has 0 aliphatic carbocycles. The predicted octanol–water partition coefficient (Wildman–Crippen LogP) is 3.45. The zero-order chi connectivity index (χ0) is 17.8. The summed E-state index contributed by atoms with van der Waals surface area (Å²) < 4.78 is 0. The van der Waals surface area contributed by atoms with Crippen molar-refractivity contribution >= 4 is 5.91 Å². The highest BCUT2D eigenvalue weighted by Crippen LogP contribution is 2.29. The van der Waals surface area contributed by atoms with Gasteiger partial charge in [0.05, 0.1) is 0 Å². The first-order chi connectivity index (χ1) is 12.1. The summed E-state index contributed by atoms with van der Waals surface area (Å²) in [4.78, 5) is 15.2. The molecule has 2 N–H and O–H groups in total. The Morgan fingerprint density at radius 1 is 1.04 bits per heavy atom. The van der Waals surface area contributed by atoms with E-state index in [2.05, 4.69) is 38.1 Å². The molecule has 3 nitrogen and oxygen atoms in total. The van der Waals surface area contributed by atoms with Crippen LogP contribution in [0.2, 0.25) is 0 Å². The number of hydrogen-bond acceptors (Lipinski definition) is 2. The van der Waals surface area contributed by atoms with Gasteiger partial charge in [0, 0.05) is 31.0 Å². The Kier molecular flexibility index (Phi) is 5.54. The van der Waals surface area contributed by atoms with Gasteiger partial charge in [0.15, 0.2) is 0 Å². The van der Waals surface area contributed by atoms with Crippen LogP contribution in [0, 0.1) is 11.8 Å². The Labute approximate surface area is 150 Å². The molecule has 25 heavy (non-hydrogen) atoms. The van der Waals surface area contributed by atoms with E-state index in [9.17, 15) is 4.79 Å². The third-order valence-corrected chi connectivity index (χ3v) is 5.32. The second-order valence-corrected chi connectivity index (χ2v) is 7.46. The van der Waals surface area contributed by atoms with Crippen LogP contribution in [-0.2, 0) is 11.2 Å². The minimum absolute atomic E-state index is 0.00382. The van der Waals surface area contributed by atoms with E-state index in [1.54, 1.807) is 0 Å². The third-order valence-electron chi connectivity index (χ3n) is 5.32. The lowest BCUT2D eigenvalue weighted by Crippen LogP contribution is -2.39. The van der Waals surface area contributed by atoms with Crippen LogP contribution in [0.1, 0.15) is 30.9 Å². The number of likely N-dealkylation sites (tertiary alicyclic amines) is 1. The second-order valence-electron chi connectivity index (χ2n) is 7.46. The largest absolute Gasteiger partial charge is 0.340 e. The van der Waals surface area contributed by atoms with E-state index < -0.39 is 0 Å². The van der Waals surface area contributed by atoms with Crippen LogP contribution in [0.5, 0.6) is 0 Å². The molecule has 0 bridgehead atoms. The average molecular weight is 336 g/mol. The number of amides is 1. The van der Waals surface area contributed by atoms with Gasteiger partial charge in [-0.1, -0.05) is 74.5 Å². The minimum atomic E-state index is 0.00382. The highest BCUT2D eigenvalue weighted by Gasteiger charge is 2.37. The monoisotopic (exact) mass is 336 g/mol. The standard InChI is InChI=1S/C22H28N2O/c1-16(2)19(13-17-9-5-3-6-10-17)22(25)24-14-20(21(23)15-24)18-11-7-4-8-12-18/h3-12,16,19-21H,13-15,23H2,1-2H3/t19?,20-,21+/m0/s1. The van der Waals surface area contributed by atoms with Crippen LogP contribution >= 0.6 is 0 Å². The second kappa shape index (κ2) is 7.83. The fourth-order valence-corrected chi connectivity index (χ4v) is 3.77. The first-order valence-electron chi connectivity index (χ1n) is 9.19. The molecule has 1 amide bonds. The van der Waals surface area contributed by atoms with Gasteiger partial charge in [-0.25, -0.2) is 0 Å². The fourth-order valence-electron chi connectivity index (χ4n) is 3.77. The molecule has 1 aliphatic rings. The van der Waals surface area contributed by atoms with Crippen molar-refractivity contribution in [1.29, 1.82) is 0 Å². The Morgan fingerprint density at radius 3 is 2.24 bits per heavy atom. The van der Waals surface area contributed by atoms with Crippen LogP contribution in [0.15, 0.2) is 60.7 Å². The van der Waals surface area contributed by atoms with E-state index in [0.717, 1.165) is 13.0 Å². The predicted molar refractivity (Wildman–Crippen MR) is 102 cm³/mol. The Bertz CT molecular complexity index is 684. The third kappa shape index (κ3) is 4.10. The number of nitrogens with zero attached hydrogens (tertiary/aromatic N) is 1. The van der Waals surface area contributed by atoms with Crippen LogP contribution in [0.25, 0.3) is 0 Å². The maximum atomic E-state index is 13.2. The molecule has 0 aromatic heterocycles. The molecule has 0 saturated carbocycles. The summed E-state index contributed by atoms with van der Waals surface area (Å²) in [6.07, 6.45) is 0.791. The SMILES string of the molecule is CC(C)C(Cc1ccccc1)C(=O)N1C[C@@H](N)[C@H](c2ccccc2)C1. The van der Waals surface area contributed by atoms with Crippen LogP contribution in [0.3, 0.4) is 0 Å². The van der Waals surface area contributed by atoms with Crippen LogP contribution < -0.4 is 5.73 Å². The normalized spacial score (nSPS) is 21.5. The molecule has 2 aromatic rings. The molecule has 1 saturated heterocycles. The van der Waals surface area contributed by atoms with Crippen LogP contribution in [0.4, 0.5) is 0 Å². The molecular formula is C22H28N2O. The van der Waals surface area contributed by atoms with E-state index in [-0.39, 0.29) is 23.8 Å². The van der Waals surface area contributed by atoms with Crippen molar-refractivity contribution in [3.8, 4) is 0 Å². The maximum absolute atomic E-state index is 13.2. The van der Waals surface area contributed by atoms with E-state index in [1.807, 2.05) is 41.3 Å². The van der Waals surface area contributed by atoms with Gasteiger partial charge >= 0.3 is 0 Å². The average Bonchev–Trinajstić information content (AvgIpc) is 3.02. The van der Waals surface area contributed by atoms with Crippen molar-refractivity contribution in [2.75, 3.05) is 13.1 Å². The van der Waals surface area contributed by atoms with Gasteiger partial charge in [-0.15, -0.1) is 0 Å². The summed E-state index contributed by atoms with van der Waals surface area (Å²) in [5, 5.41) is 0. The lowest BCUT2D eigenvalue weighted by molar-refractivity contribution is -0.135. The van der Waals surface area contributed by atoms with Crippen molar-refractivity contribution in [3.05, 3.63) is 71.8 Å². The zero-order valence-corrected chi connectivity index (χ0v) is 15.1. The van der Waals surface area contributed by atoms with E-state index in [0.29, 0.717) is 12.5 Å². The van der Waals surface area contributed by atoms with Crippen molar-refractivity contribution in [1.82, 2.24) is 4.90 Å². The summed E-state index contributed by atoms with van der Waals surface area (Å²) in [6.45, 7) is 5.64. The molecule has 1 unspecified atom stereocenters. The minimum Gasteiger partial charge on any atom is -0.340 e. The Balaban J connectivity index is 1.72. The van der Waals surface area contributed by atoms with E-state index in [4.69, 9.17) is 5.73 Å². The van der Waals surface area contributed by atoms with Gasteiger partial charge in [0.25, 0.3) is 0 Å². The molecule has 1 fully saturated rings. The van der Waals surface area contributed by atoms with Gasteiger partial charge in [-0.3, -0.25) is 4.79 Å². The molecule has 2 aromatic carbocycles. The summed E-state index contributed by atoms with van der Waals surface area (Å²) in [7, 11) is 0. The van der Waals surface area contributed by atoms with Crippen molar-refractivity contribution in [3.63, 3.8) is 0 Å². The maximum Gasteiger partial charge on any atom is 0.226 e. The molecule has 0 spiro atoms. The lowest BCUT2D eigenvalue weighted by atomic mass is 9.88. The zero-order valence-electron chi connectivity index (χ0n) is 15.1. The molecule has 1 aliphatic heterocycles. The van der Waals surface area contributed by atoms with Gasteiger partial charge in [-0.05, 0) is 23.5 Å². The Morgan fingerprint density at radius 2 is 1.64 bits per heavy atom. The number of benzene rings is 2. The molecule has 3 heteroatoms. The van der Waals surface area contributed by atoms with Gasteiger partial charge < -0.3 is 10.6 Å².